The molecule has 2 aliphatic rings. The summed E-state index contributed by atoms with van der Waals surface area (Å²) in [5, 5.41) is 7.45. The van der Waals surface area contributed by atoms with Gasteiger partial charge in [-0.15, -0.1) is 0 Å². The fourth-order valence-corrected chi connectivity index (χ4v) is 2.76. The molecule has 0 saturated carbocycles. The zero-order valence-corrected chi connectivity index (χ0v) is 12.7. The number of nitrogens with one attached hydrogen (secondary N) is 3. The van der Waals surface area contributed by atoms with E-state index in [1.165, 1.54) is 0 Å². The van der Waals surface area contributed by atoms with E-state index >= 15 is 0 Å². The van der Waals surface area contributed by atoms with E-state index in [2.05, 4.69) is 16.0 Å². The van der Waals surface area contributed by atoms with Crippen LogP contribution in [0.2, 0.25) is 0 Å². The summed E-state index contributed by atoms with van der Waals surface area (Å²) in [6, 6.07) is 4.56. The van der Waals surface area contributed by atoms with Crippen LogP contribution in [0.25, 0.3) is 0 Å². The van der Waals surface area contributed by atoms with E-state index < -0.39 is 12.1 Å². The lowest BCUT2D eigenvalue weighted by Gasteiger charge is -2.18. The van der Waals surface area contributed by atoms with Crippen molar-refractivity contribution in [1.29, 1.82) is 0 Å². The molecule has 7 heteroatoms. The van der Waals surface area contributed by atoms with Crippen LogP contribution in [0, 0.1) is 0 Å². The number of benzene rings is 1. The van der Waals surface area contributed by atoms with Crippen molar-refractivity contribution in [1.82, 2.24) is 16.0 Å². The number of amides is 4. The number of imide groups is 1. The molecule has 1 aromatic carbocycles. The molecule has 23 heavy (non-hydrogen) atoms. The first-order valence-corrected chi connectivity index (χ1v) is 7.74. The topological polar surface area (TPSA) is 96.5 Å². The molecular weight excluding hydrogens is 298 g/mol. The van der Waals surface area contributed by atoms with Crippen LogP contribution in [0.5, 0.6) is 5.75 Å². The third-order valence-corrected chi connectivity index (χ3v) is 3.97. The predicted octanol–water partition coefficient (Wildman–Crippen LogP) is 0.616. The first kappa shape index (κ1) is 15.3. The number of hydrogen-bond donors (Lipinski definition) is 3. The SMILES string of the molecule is O=C1CC[C@H](C(=O)NCc2ccc3c(c2)CCCO3)NC(=O)N1. The fraction of sp³-hybridized carbons (Fsp3) is 0.438. The highest BCUT2D eigenvalue weighted by atomic mass is 16.5. The number of hydrogen-bond acceptors (Lipinski definition) is 4. The average molecular weight is 317 g/mol. The second-order valence-electron chi connectivity index (χ2n) is 5.72. The van der Waals surface area contributed by atoms with E-state index in [1.807, 2.05) is 18.2 Å². The minimum Gasteiger partial charge on any atom is -0.493 e. The molecule has 3 N–H and O–H groups in total. The van der Waals surface area contributed by atoms with Gasteiger partial charge < -0.3 is 15.4 Å². The number of fused-ring (bicyclic) bond motifs is 1. The van der Waals surface area contributed by atoms with Crippen molar-refractivity contribution in [2.45, 2.75) is 38.3 Å². The number of urea groups is 1. The van der Waals surface area contributed by atoms with Crippen molar-refractivity contribution < 1.29 is 19.1 Å². The lowest BCUT2D eigenvalue weighted by atomic mass is 10.0. The summed E-state index contributed by atoms with van der Waals surface area (Å²) in [6.07, 6.45) is 2.41. The molecule has 3 rings (SSSR count). The number of carbonyl (C=O) groups excluding carboxylic acids is 3. The Kier molecular flexibility index (Phi) is 4.45. The Morgan fingerprint density at radius 1 is 1.30 bits per heavy atom. The van der Waals surface area contributed by atoms with E-state index in [4.69, 9.17) is 4.74 Å². The molecular formula is C16H19N3O4. The Morgan fingerprint density at radius 3 is 3.04 bits per heavy atom. The molecule has 1 fully saturated rings. The molecule has 2 heterocycles. The number of carbonyl (C=O) groups is 3. The molecule has 0 aliphatic carbocycles. The largest absolute Gasteiger partial charge is 0.493 e. The minimum absolute atomic E-state index is 0.146. The third-order valence-electron chi connectivity index (χ3n) is 3.97. The minimum atomic E-state index is -0.692. The summed E-state index contributed by atoms with van der Waals surface area (Å²) in [5.41, 5.74) is 2.14. The van der Waals surface area contributed by atoms with Gasteiger partial charge in [-0.25, -0.2) is 4.79 Å². The van der Waals surface area contributed by atoms with Gasteiger partial charge in [0.15, 0.2) is 0 Å². The standard InChI is InChI=1S/C16H19N3O4/c20-14-6-4-12(18-16(22)19-14)15(21)17-9-10-3-5-13-11(8-10)2-1-7-23-13/h3,5,8,12H,1-2,4,6-7,9H2,(H,17,21)(H2,18,19,20,22)/t12-/m1/s1. The highest BCUT2D eigenvalue weighted by Gasteiger charge is 2.25. The van der Waals surface area contributed by atoms with Gasteiger partial charge >= 0.3 is 6.03 Å². The number of aryl methyl sites for hydroxylation is 1. The summed E-state index contributed by atoms with van der Waals surface area (Å²) >= 11 is 0. The summed E-state index contributed by atoms with van der Waals surface area (Å²) in [5.74, 6) is 0.253. The highest BCUT2D eigenvalue weighted by molar-refractivity contribution is 5.98. The van der Waals surface area contributed by atoms with Crippen LogP contribution in [0.3, 0.4) is 0 Å². The van der Waals surface area contributed by atoms with Crippen molar-refractivity contribution in [3.63, 3.8) is 0 Å². The van der Waals surface area contributed by atoms with Gasteiger partial charge in [-0.3, -0.25) is 14.9 Å². The summed E-state index contributed by atoms with van der Waals surface area (Å²) in [6.45, 7) is 1.12. The average Bonchev–Trinajstić information content (AvgIpc) is 2.72. The molecule has 2 aliphatic heterocycles. The highest BCUT2D eigenvalue weighted by Crippen LogP contribution is 2.25. The molecule has 122 valence electrons. The molecule has 0 bridgehead atoms. The fourth-order valence-electron chi connectivity index (χ4n) is 2.76. The molecule has 1 aromatic rings. The Balaban J connectivity index is 1.58. The first-order valence-electron chi connectivity index (χ1n) is 7.74. The third kappa shape index (κ3) is 3.80. The normalized spacial score (nSPS) is 20.4. The summed E-state index contributed by atoms with van der Waals surface area (Å²) in [7, 11) is 0. The molecule has 1 atom stereocenters. The van der Waals surface area contributed by atoms with Gasteiger partial charge in [-0.05, 0) is 36.5 Å². The van der Waals surface area contributed by atoms with Crippen molar-refractivity contribution in [2.24, 2.45) is 0 Å². The van der Waals surface area contributed by atoms with Gasteiger partial charge in [0.1, 0.15) is 11.8 Å². The maximum atomic E-state index is 12.2. The molecule has 7 nitrogen and oxygen atoms in total. The zero-order chi connectivity index (χ0) is 16.2. The summed E-state index contributed by atoms with van der Waals surface area (Å²) in [4.78, 5) is 34.8. The smallest absolute Gasteiger partial charge is 0.322 e. The van der Waals surface area contributed by atoms with Gasteiger partial charge in [0.25, 0.3) is 0 Å². The van der Waals surface area contributed by atoms with E-state index in [0.29, 0.717) is 13.0 Å². The van der Waals surface area contributed by atoms with Crippen LogP contribution in [0.4, 0.5) is 4.79 Å². The van der Waals surface area contributed by atoms with Crippen molar-refractivity contribution in [2.75, 3.05) is 6.61 Å². The Labute approximate surface area is 133 Å². The van der Waals surface area contributed by atoms with E-state index in [1.54, 1.807) is 0 Å². The van der Waals surface area contributed by atoms with Crippen molar-refractivity contribution >= 4 is 17.8 Å². The van der Waals surface area contributed by atoms with Crippen LogP contribution in [-0.2, 0) is 22.6 Å². The predicted molar refractivity (Wildman–Crippen MR) is 81.8 cm³/mol. The quantitative estimate of drug-likeness (QED) is 0.761. The van der Waals surface area contributed by atoms with Crippen LogP contribution in [0.15, 0.2) is 18.2 Å². The monoisotopic (exact) mass is 317 g/mol. The van der Waals surface area contributed by atoms with E-state index in [9.17, 15) is 14.4 Å². The van der Waals surface area contributed by atoms with Crippen molar-refractivity contribution in [3.8, 4) is 5.75 Å². The zero-order valence-electron chi connectivity index (χ0n) is 12.7. The number of ether oxygens (including phenoxy) is 1. The van der Waals surface area contributed by atoms with Gasteiger partial charge in [0.2, 0.25) is 11.8 Å². The summed E-state index contributed by atoms with van der Waals surface area (Å²) < 4.78 is 5.56. The van der Waals surface area contributed by atoms with Crippen LogP contribution in [0.1, 0.15) is 30.4 Å². The second kappa shape index (κ2) is 6.68. The van der Waals surface area contributed by atoms with E-state index in [-0.39, 0.29) is 18.2 Å². The maximum Gasteiger partial charge on any atom is 0.322 e. The Hall–Kier alpha value is -2.57. The Morgan fingerprint density at radius 2 is 2.17 bits per heavy atom. The first-order chi connectivity index (χ1) is 11.1. The van der Waals surface area contributed by atoms with Gasteiger partial charge in [-0.2, -0.15) is 0 Å². The lowest BCUT2D eigenvalue weighted by Crippen LogP contribution is -2.48. The van der Waals surface area contributed by atoms with Gasteiger partial charge in [0.05, 0.1) is 6.61 Å². The Bertz CT molecular complexity index is 644. The molecule has 1 saturated heterocycles. The molecule has 0 radical (unpaired) electrons. The number of rotatable bonds is 3. The van der Waals surface area contributed by atoms with E-state index in [0.717, 1.165) is 36.3 Å². The molecule has 0 spiro atoms. The second-order valence-corrected chi connectivity index (χ2v) is 5.72. The molecule has 0 unspecified atom stereocenters. The maximum absolute atomic E-state index is 12.2. The van der Waals surface area contributed by atoms with Crippen LogP contribution < -0.4 is 20.7 Å². The van der Waals surface area contributed by atoms with Gasteiger partial charge in [-0.1, -0.05) is 12.1 Å². The molecule has 4 amide bonds. The lowest BCUT2D eigenvalue weighted by molar-refractivity contribution is -0.123. The van der Waals surface area contributed by atoms with Crippen LogP contribution in [-0.4, -0.2) is 30.5 Å². The van der Waals surface area contributed by atoms with Crippen LogP contribution >= 0.6 is 0 Å². The molecule has 0 aromatic heterocycles. The van der Waals surface area contributed by atoms with Crippen molar-refractivity contribution in [3.05, 3.63) is 29.3 Å². The van der Waals surface area contributed by atoms with Gasteiger partial charge in [0, 0.05) is 13.0 Å².